The van der Waals surface area contributed by atoms with Gasteiger partial charge in [0, 0.05) is 13.5 Å². The van der Waals surface area contributed by atoms with E-state index in [4.69, 9.17) is 10.2 Å². The Kier molecular flexibility index (Phi) is 4.33. The lowest BCUT2D eigenvalue weighted by molar-refractivity contribution is 0.471. The van der Waals surface area contributed by atoms with E-state index < -0.39 is 0 Å². The smallest absolute Gasteiger partial charge is 0.192 e. The number of aryl methyl sites for hydroxylation is 1. The van der Waals surface area contributed by atoms with Gasteiger partial charge in [-0.3, -0.25) is 0 Å². The predicted molar refractivity (Wildman–Crippen MR) is 73.3 cm³/mol. The first-order valence-corrected chi connectivity index (χ1v) is 6.49. The third kappa shape index (κ3) is 3.09. The molecule has 0 amide bonds. The molecule has 1 aromatic heterocycles. The molecule has 0 aliphatic heterocycles. The van der Waals surface area contributed by atoms with Crippen LogP contribution >= 0.6 is 0 Å². The number of fused-ring (bicyclic) bond motifs is 1. The summed E-state index contributed by atoms with van der Waals surface area (Å²) in [6, 6.07) is 6.12. The molecule has 4 heteroatoms. The zero-order valence-corrected chi connectivity index (χ0v) is 11.1. The lowest BCUT2D eigenvalue weighted by atomic mass is 10.1. The summed E-state index contributed by atoms with van der Waals surface area (Å²) in [5, 5.41) is 3.44. The minimum Gasteiger partial charge on any atom is -0.441 e. The Balaban J connectivity index is 1.95. The molecule has 0 radical (unpaired) electrons. The zero-order chi connectivity index (χ0) is 13.0. The second kappa shape index (κ2) is 5.98. The fourth-order valence-electron chi connectivity index (χ4n) is 2.01. The molecule has 4 nitrogen and oxygen atoms in total. The van der Waals surface area contributed by atoms with E-state index in [-0.39, 0.29) is 0 Å². The summed E-state index contributed by atoms with van der Waals surface area (Å²) in [6.45, 7) is 6.58. The van der Waals surface area contributed by atoms with Crippen LogP contribution in [0.1, 0.15) is 24.8 Å². The van der Waals surface area contributed by atoms with E-state index in [1.807, 2.05) is 13.0 Å². The lowest BCUT2D eigenvalue weighted by Crippen LogP contribution is -2.27. The fraction of sp³-hybridized carbons (Fsp3) is 0.500. The van der Waals surface area contributed by atoms with Crippen molar-refractivity contribution in [3.05, 3.63) is 29.7 Å². The van der Waals surface area contributed by atoms with Crippen LogP contribution in [-0.2, 0) is 6.54 Å². The van der Waals surface area contributed by atoms with Crippen LogP contribution in [0.15, 0.2) is 22.6 Å². The predicted octanol–water partition coefficient (Wildman–Crippen LogP) is 2.21. The van der Waals surface area contributed by atoms with E-state index in [0.717, 1.165) is 37.2 Å². The molecule has 2 rings (SSSR count). The van der Waals surface area contributed by atoms with E-state index in [0.29, 0.717) is 11.8 Å². The van der Waals surface area contributed by atoms with Gasteiger partial charge in [0.1, 0.15) is 5.52 Å². The quantitative estimate of drug-likeness (QED) is 0.821. The number of benzene rings is 1. The van der Waals surface area contributed by atoms with Gasteiger partial charge in [-0.15, -0.1) is 0 Å². The molecule has 1 aromatic carbocycles. The van der Waals surface area contributed by atoms with Crippen molar-refractivity contribution in [3.8, 4) is 0 Å². The van der Waals surface area contributed by atoms with Crippen molar-refractivity contribution < 1.29 is 4.42 Å². The molecule has 0 aliphatic carbocycles. The molecule has 0 fully saturated rings. The molecular formula is C14H21N3O. The molecule has 1 heterocycles. The maximum atomic E-state index is 5.68. The SMILES string of the molecule is CCC(CN)CNCc1ccc2oc(C)nc2c1. The summed E-state index contributed by atoms with van der Waals surface area (Å²) in [5.41, 5.74) is 8.68. The third-order valence-corrected chi connectivity index (χ3v) is 3.23. The monoisotopic (exact) mass is 247 g/mol. The Morgan fingerprint density at radius 1 is 1.44 bits per heavy atom. The number of hydrogen-bond donors (Lipinski definition) is 2. The number of nitrogens with two attached hydrogens (primary N) is 1. The van der Waals surface area contributed by atoms with Crippen molar-refractivity contribution in [1.29, 1.82) is 0 Å². The van der Waals surface area contributed by atoms with Crippen molar-refractivity contribution in [1.82, 2.24) is 10.3 Å². The minimum absolute atomic E-state index is 0.558. The number of hydrogen-bond acceptors (Lipinski definition) is 4. The molecule has 2 aromatic rings. The van der Waals surface area contributed by atoms with Gasteiger partial charge in [-0.05, 0) is 36.7 Å². The maximum Gasteiger partial charge on any atom is 0.192 e. The van der Waals surface area contributed by atoms with Crippen LogP contribution in [0.3, 0.4) is 0 Å². The highest BCUT2D eigenvalue weighted by atomic mass is 16.3. The number of aromatic nitrogens is 1. The van der Waals surface area contributed by atoms with Gasteiger partial charge in [0.15, 0.2) is 11.5 Å². The number of nitrogens with one attached hydrogen (secondary N) is 1. The topological polar surface area (TPSA) is 64.1 Å². The van der Waals surface area contributed by atoms with Gasteiger partial charge in [0.05, 0.1) is 0 Å². The molecule has 18 heavy (non-hydrogen) atoms. The second-order valence-corrected chi connectivity index (χ2v) is 4.68. The number of oxazole rings is 1. The van der Waals surface area contributed by atoms with Gasteiger partial charge in [-0.25, -0.2) is 4.98 Å². The summed E-state index contributed by atoms with van der Waals surface area (Å²) in [7, 11) is 0. The van der Waals surface area contributed by atoms with Crippen LogP contribution in [0.25, 0.3) is 11.1 Å². The van der Waals surface area contributed by atoms with Crippen molar-refractivity contribution in [2.24, 2.45) is 11.7 Å². The van der Waals surface area contributed by atoms with Gasteiger partial charge >= 0.3 is 0 Å². The van der Waals surface area contributed by atoms with E-state index in [1.54, 1.807) is 0 Å². The van der Waals surface area contributed by atoms with Crippen molar-refractivity contribution >= 4 is 11.1 Å². The Bertz CT molecular complexity index is 503. The van der Waals surface area contributed by atoms with Gasteiger partial charge in [0.2, 0.25) is 0 Å². The first-order chi connectivity index (χ1) is 8.72. The number of rotatable bonds is 6. The Labute approximate surface area is 108 Å². The normalized spacial score (nSPS) is 13.1. The summed E-state index contributed by atoms with van der Waals surface area (Å²) in [5.74, 6) is 1.27. The van der Waals surface area contributed by atoms with E-state index in [9.17, 15) is 0 Å². The largest absolute Gasteiger partial charge is 0.441 e. The Morgan fingerprint density at radius 2 is 2.28 bits per heavy atom. The van der Waals surface area contributed by atoms with Crippen molar-refractivity contribution in [2.75, 3.05) is 13.1 Å². The van der Waals surface area contributed by atoms with E-state index >= 15 is 0 Å². The molecule has 98 valence electrons. The number of nitrogens with zero attached hydrogens (tertiary/aromatic N) is 1. The van der Waals surface area contributed by atoms with Crippen LogP contribution in [0.2, 0.25) is 0 Å². The average Bonchev–Trinajstić information content (AvgIpc) is 2.74. The van der Waals surface area contributed by atoms with Crippen molar-refractivity contribution in [3.63, 3.8) is 0 Å². The maximum absolute atomic E-state index is 5.68. The zero-order valence-electron chi connectivity index (χ0n) is 11.1. The molecule has 1 unspecified atom stereocenters. The van der Waals surface area contributed by atoms with E-state index in [1.165, 1.54) is 5.56 Å². The second-order valence-electron chi connectivity index (χ2n) is 4.68. The Morgan fingerprint density at radius 3 is 3.00 bits per heavy atom. The van der Waals surface area contributed by atoms with E-state index in [2.05, 4.69) is 29.4 Å². The highest BCUT2D eigenvalue weighted by molar-refractivity contribution is 5.73. The molecule has 0 bridgehead atoms. The standard InChI is InChI=1S/C14H21N3O/c1-3-11(7-15)8-16-9-12-4-5-14-13(6-12)17-10(2)18-14/h4-6,11,16H,3,7-9,15H2,1-2H3. The van der Waals surface area contributed by atoms with Gasteiger partial charge in [-0.1, -0.05) is 19.4 Å². The van der Waals surface area contributed by atoms with Crippen molar-refractivity contribution in [2.45, 2.75) is 26.8 Å². The summed E-state index contributed by atoms with van der Waals surface area (Å²) in [6.07, 6.45) is 1.12. The molecule has 0 saturated heterocycles. The molecule has 1 atom stereocenters. The van der Waals surface area contributed by atoms with Crippen LogP contribution < -0.4 is 11.1 Å². The molecule has 0 saturated carbocycles. The third-order valence-electron chi connectivity index (χ3n) is 3.23. The van der Waals surface area contributed by atoms with Crippen LogP contribution in [0.5, 0.6) is 0 Å². The van der Waals surface area contributed by atoms with Gasteiger partial charge in [0.25, 0.3) is 0 Å². The van der Waals surface area contributed by atoms with Crippen LogP contribution in [0.4, 0.5) is 0 Å². The lowest BCUT2D eigenvalue weighted by Gasteiger charge is -2.12. The summed E-state index contributed by atoms with van der Waals surface area (Å²) < 4.78 is 5.45. The highest BCUT2D eigenvalue weighted by Crippen LogP contribution is 2.16. The molecular weight excluding hydrogens is 226 g/mol. The van der Waals surface area contributed by atoms with Gasteiger partial charge < -0.3 is 15.5 Å². The first-order valence-electron chi connectivity index (χ1n) is 6.49. The molecule has 0 aliphatic rings. The first kappa shape index (κ1) is 13.1. The molecule has 0 spiro atoms. The Hall–Kier alpha value is -1.39. The van der Waals surface area contributed by atoms with Crippen LogP contribution in [0, 0.1) is 12.8 Å². The highest BCUT2D eigenvalue weighted by Gasteiger charge is 2.05. The van der Waals surface area contributed by atoms with Crippen LogP contribution in [-0.4, -0.2) is 18.1 Å². The average molecular weight is 247 g/mol. The van der Waals surface area contributed by atoms with Gasteiger partial charge in [-0.2, -0.15) is 0 Å². The summed E-state index contributed by atoms with van der Waals surface area (Å²) in [4.78, 5) is 4.33. The minimum atomic E-state index is 0.558. The summed E-state index contributed by atoms with van der Waals surface area (Å²) >= 11 is 0. The fourth-order valence-corrected chi connectivity index (χ4v) is 2.01. The molecule has 3 N–H and O–H groups in total.